The number of nitrogens with zero attached hydrogens (tertiary/aromatic N) is 3. The van der Waals surface area contributed by atoms with Crippen molar-refractivity contribution >= 4 is 12.2 Å². The number of hydrogen-bond donors (Lipinski definition) is 1. The van der Waals surface area contributed by atoms with Crippen molar-refractivity contribution in [1.82, 2.24) is 19.7 Å². The van der Waals surface area contributed by atoms with Crippen LogP contribution in [0.2, 0.25) is 0 Å². The average molecular weight is 288 g/mol. The Kier molecular flexibility index (Phi) is 3.98. The molecule has 3 rings (SSSR count). The number of aromatic nitrogens is 3. The van der Waals surface area contributed by atoms with Crippen molar-refractivity contribution in [2.75, 3.05) is 19.6 Å². The van der Waals surface area contributed by atoms with E-state index in [2.05, 4.69) is 38.7 Å². The highest BCUT2D eigenvalue weighted by Crippen LogP contribution is 2.27. The summed E-state index contributed by atoms with van der Waals surface area (Å²) in [7, 11) is 0. The van der Waals surface area contributed by atoms with Gasteiger partial charge in [-0.2, -0.15) is 5.10 Å². The Labute approximate surface area is 124 Å². The summed E-state index contributed by atoms with van der Waals surface area (Å²) < 4.78 is 2.93. The lowest BCUT2D eigenvalue weighted by Gasteiger charge is -2.32. The van der Waals surface area contributed by atoms with Crippen molar-refractivity contribution in [1.29, 1.82) is 0 Å². The van der Waals surface area contributed by atoms with Gasteiger partial charge in [0.15, 0.2) is 10.6 Å². The maximum absolute atomic E-state index is 5.45. The molecule has 1 aliphatic heterocycles. The normalized spacial score (nSPS) is 20.1. The smallest absolute Gasteiger partial charge is 0.195 e. The molecule has 0 spiro atoms. The number of likely N-dealkylation sites (tertiary alicyclic amines) is 1. The van der Waals surface area contributed by atoms with Gasteiger partial charge in [-0.1, -0.05) is 37.3 Å². The molecular formula is C15H20N4S. The van der Waals surface area contributed by atoms with Gasteiger partial charge in [0.25, 0.3) is 0 Å². The maximum Gasteiger partial charge on any atom is 0.195 e. The molecule has 20 heavy (non-hydrogen) atoms. The molecule has 0 amide bonds. The minimum absolute atomic E-state index is 0.421. The summed E-state index contributed by atoms with van der Waals surface area (Å²) in [5, 5.41) is 7.40. The molecule has 1 fully saturated rings. The molecule has 1 aromatic carbocycles. The van der Waals surface area contributed by atoms with Crippen LogP contribution < -0.4 is 0 Å². The van der Waals surface area contributed by atoms with E-state index in [1.807, 2.05) is 18.2 Å². The predicted molar refractivity (Wildman–Crippen MR) is 83.2 cm³/mol. The number of H-pyrrole nitrogens is 1. The Morgan fingerprint density at radius 1 is 1.35 bits per heavy atom. The summed E-state index contributed by atoms with van der Waals surface area (Å²) in [6, 6.07) is 10.7. The summed E-state index contributed by atoms with van der Waals surface area (Å²) in [4.78, 5) is 2.48. The molecule has 1 atom stereocenters. The molecule has 1 aromatic heterocycles. The highest BCUT2D eigenvalue weighted by molar-refractivity contribution is 7.71. The first kappa shape index (κ1) is 13.5. The molecular weight excluding hydrogens is 268 g/mol. The van der Waals surface area contributed by atoms with E-state index in [4.69, 9.17) is 12.2 Å². The fourth-order valence-electron chi connectivity index (χ4n) is 2.96. The zero-order valence-corrected chi connectivity index (χ0v) is 12.6. The van der Waals surface area contributed by atoms with Gasteiger partial charge in [0.05, 0.1) is 6.04 Å². The van der Waals surface area contributed by atoms with Crippen LogP contribution >= 0.6 is 12.2 Å². The van der Waals surface area contributed by atoms with E-state index in [1.165, 1.54) is 19.4 Å². The highest BCUT2D eigenvalue weighted by atomic mass is 32.1. The lowest BCUT2D eigenvalue weighted by Crippen LogP contribution is -2.36. The zero-order chi connectivity index (χ0) is 13.9. The van der Waals surface area contributed by atoms with Crippen molar-refractivity contribution in [2.24, 2.45) is 0 Å². The van der Waals surface area contributed by atoms with E-state index in [0.717, 1.165) is 29.2 Å². The molecule has 0 radical (unpaired) electrons. The summed E-state index contributed by atoms with van der Waals surface area (Å²) in [5.41, 5.74) is 1.12. The standard InChI is InChI=1S/C15H20N4S/c1-2-18-10-6-9-13(11-18)19-14(16-17-15(19)20)12-7-4-3-5-8-12/h3-5,7-8,13H,2,6,9-11H2,1H3,(H,17,20). The number of likely N-dealkylation sites (N-methyl/N-ethyl adjacent to an activating group) is 1. The van der Waals surface area contributed by atoms with E-state index in [0.29, 0.717) is 6.04 Å². The van der Waals surface area contributed by atoms with E-state index in [1.54, 1.807) is 0 Å². The number of rotatable bonds is 3. The molecule has 106 valence electrons. The van der Waals surface area contributed by atoms with Crippen LogP contribution in [0.15, 0.2) is 30.3 Å². The van der Waals surface area contributed by atoms with Crippen molar-refractivity contribution in [2.45, 2.75) is 25.8 Å². The third-order valence-electron chi connectivity index (χ3n) is 4.03. The molecule has 1 N–H and O–H groups in total. The molecule has 1 unspecified atom stereocenters. The SMILES string of the molecule is CCN1CCCC(n2c(-c3ccccc3)n[nH]c2=S)C1. The van der Waals surface area contributed by atoms with Crippen LogP contribution in [-0.2, 0) is 0 Å². The van der Waals surface area contributed by atoms with Crippen LogP contribution in [0.4, 0.5) is 0 Å². The topological polar surface area (TPSA) is 36.9 Å². The zero-order valence-electron chi connectivity index (χ0n) is 11.7. The fraction of sp³-hybridized carbons (Fsp3) is 0.467. The average Bonchev–Trinajstić information content (AvgIpc) is 2.90. The number of nitrogens with one attached hydrogen (secondary N) is 1. The van der Waals surface area contributed by atoms with Gasteiger partial charge in [0, 0.05) is 12.1 Å². The van der Waals surface area contributed by atoms with Crippen LogP contribution in [0.5, 0.6) is 0 Å². The van der Waals surface area contributed by atoms with Gasteiger partial charge in [-0.3, -0.25) is 9.67 Å². The fourth-order valence-corrected chi connectivity index (χ4v) is 3.24. The van der Waals surface area contributed by atoms with Crippen LogP contribution in [0.25, 0.3) is 11.4 Å². The van der Waals surface area contributed by atoms with Crippen molar-refractivity contribution in [3.63, 3.8) is 0 Å². The second kappa shape index (κ2) is 5.89. The van der Waals surface area contributed by atoms with Gasteiger partial charge < -0.3 is 4.90 Å². The molecule has 1 aliphatic rings. The lowest BCUT2D eigenvalue weighted by atomic mass is 10.0. The summed E-state index contributed by atoms with van der Waals surface area (Å²) in [6.45, 7) is 5.57. The molecule has 0 aliphatic carbocycles. The third-order valence-corrected chi connectivity index (χ3v) is 4.32. The lowest BCUT2D eigenvalue weighted by molar-refractivity contribution is 0.185. The molecule has 2 heterocycles. The Hall–Kier alpha value is -1.46. The first-order valence-corrected chi connectivity index (χ1v) is 7.65. The van der Waals surface area contributed by atoms with Crippen molar-refractivity contribution < 1.29 is 0 Å². The van der Waals surface area contributed by atoms with E-state index < -0.39 is 0 Å². The maximum atomic E-state index is 5.45. The van der Waals surface area contributed by atoms with E-state index in [9.17, 15) is 0 Å². The van der Waals surface area contributed by atoms with Crippen LogP contribution in [-0.4, -0.2) is 39.3 Å². The molecule has 5 heteroatoms. The molecule has 4 nitrogen and oxygen atoms in total. The predicted octanol–water partition coefficient (Wildman–Crippen LogP) is 3.26. The number of benzene rings is 1. The second-order valence-electron chi connectivity index (χ2n) is 5.28. The van der Waals surface area contributed by atoms with Gasteiger partial charge in [-0.05, 0) is 38.1 Å². The van der Waals surface area contributed by atoms with E-state index >= 15 is 0 Å². The highest BCUT2D eigenvalue weighted by Gasteiger charge is 2.23. The first-order chi connectivity index (χ1) is 9.79. The Morgan fingerprint density at radius 2 is 2.15 bits per heavy atom. The number of aromatic amines is 1. The number of hydrogen-bond acceptors (Lipinski definition) is 3. The quantitative estimate of drug-likeness (QED) is 0.881. The summed E-state index contributed by atoms with van der Waals surface area (Å²) in [6.07, 6.45) is 2.39. The Balaban J connectivity index is 1.97. The van der Waals surface area contributed by atoms with Gasteiger partial charge in [-0.25, -0.2) is 0 Å². The molecule has 0 bridgehead atoms. The van der Waals surface area contributed by atoms with Crippen molar-refractivity contribution in [3.8, 4) is 11.4 Å². The molecule has 2 aromatic rings. The summed E-state index contributed by atoms with van der Waals surface area (Å²) in [5.74, 6) is 0.957. The Morgan fingerprint density at radius 3 is 2.90 bits per heavy atom. The monoisotopic (exact) mass is 288 g/mol. The third kappa shape index (κ3) is 2.55. The van der Waals surface area contributed by atoms with Crippen molar-refractivity contribution in [3.05, 3.63) is 35.1 Å². The van der Waals surface area contributed by atoms with Gasteiger partial charge in [0.1, 0.15) is 0 Å². The van der Waals surface area contributed by atoms with Crippen LogP contribution in [0.1, 0.15) is 25.8 Å². The van der Waals surface area contributed by atoms with Gasteiger partial charge in [0.2, 0.25) is 0 Å². The molecule has 0 saturated carbocycles. The first-order valence-electron chi connectivity index (χ1n) is 7.24. The largest absolute Gasteiger partial charge is 0.302 e. The Bertz CT molecular complexity index is 616. The van der Waals surface area contributed by atoms with Gasteiger partial charge in [-0.15, -0.1) is 0 Å². The second-order valence-corrected chi connectivity index (χ2v) is 5.66. The number of piperidine rings is 1. The van der Waals surface area contributed by atoms with Crippen LogP contribution in [0, 0.1) is 4.77 Å². The van der Waals surface area contributed by atoms with E-state index in [-0.39, 0.29) is 0 Å². The summed E-state index contributed by atoms with van der Waals surface area (Å²) >= 11 is 5.45. The minimum Gasteiger partial charge on any atom is -0.302 e. The minimum atomic E-state index is 0.421. The molecule has 1 saturated heterocycles. The van der Waals surface area contributed by atoms with Crippen LogP contribution in [0.3, 0.4) is 0 Å². The van der Waals surface area contributed by atoms with Gasteiger partial charge >= 0.3 is 0 Å².